The Balaban J connectivity index is 2.09. The molecule has 0 spiro atoms. The molecule has 0 radical (unpaired) electrons. The lowest BCUT2D eigenvalue weighted by molar-refractivity contribution is -0.122. The summed E-state index contributed by atoms with van der Waals surface area (Å²) in [7, 11) is 1.51. The second kappa shape index (κ2) is 5.08. The predicted octanol–water partition coefficient (Wildman–Crippen LogP) is 0.438. The van der Waals surface area contributed by atoms with Crippen molar-refractivity contribution in [2.75, 3.05) is 19.4 Å². The molecule has 2 aromatic heterocycles. The average molecular weight is 288 g/mol. The van der Waals surface area contributed by atoms with Crippen LogP contribution < -0.4 is 21.3 Å². The maximum absolute atomic E-state index is 12.5. The van der Waals surface area contributed by atoms with Crippen LogP contribution in [0.2, 0.25) is 0 Å². The zero-order valence-electron chi connectivity index (χ0n) is 11.6. The monoisotopic (exact) mass is 288 g/mol. The van der Waals surface area contributed by atoms with Gasteiger partial charge >= 0.3 is 0 Å². The molecule has 7 nitrogen and oxygen atoms in total. The van der Waals surface area contributed by atoms with E-state index in [1.165, 1.54) is 13.2 Å². The fraction of sp³-hybridized carbons (Fsp3) is 0.357. The molecule has 1 saturated carbocycles. The van der Waals surface area contributed by atoms with Crippen molar-refractivity contribution < 1.29 is 9.53 Å². The van der Waals surface area contributed by atoms with Crippen LogP contribution in [0.25, 0.3) is 11.0 Å². The number of amides is 1. The van der Waals surface area contributed by atoms with Gasteiger partial charge in [0.25, 0.3) is 11.5 Å². The molecule has 0 aliphatic heterocycles. The number of aromatic nitrogens is 2. The molecule has 2 aromatic rings. The highest BCUT2D eigenvalue weighted by atomic mass is 16.5. The molecule has 2 heterocycles. The zero-order valence-corrected chi connectivity index (χ0v) is 11.6. The van der Waals surface area contributed by atoms with E-state index in [-0.39, 0.29) is 29.9 Å². The highest BCUT2D eigenvalue weighted by molar-refractivity contribution is 5.80. The molecule has 7 heteroatoms. The van der Waals surface area contributed by atoms with Crippen LogP contribution in [-0.4, -0.2) is 29.1 Å². The first-order valence-corrected chi connectivity index (χ1v) is 6.74. The number of hydrogen-bond acceptors (Lipinski definition) is 5. The molecule has 1 amide bonds. The number of nitrogen functional groups attached to an aromatic ring is 1. The normalized spacial score (nSPS) is 14.1. The van der Waals surface area contributed by atoms with Crippen LogP contribution in [0.1, 0.15) is 18.9 Å². The topological polar surface area (TPSA) is 99.2 Å². The molecule has 0 aromatic carbocycles. The first-order valence-electron chi connectivity index (χ1n) is 6.74. The van der Waals surface area contributed by atoms with E-state index >= 15 is 0 Å². The summed E-state index contributed by atoms with van der Waals surface area (Å²) in [4.78, 5) is 28.0. The van der Waals surface area contributed by atoms with Crippen molar-refractivity contribution in [3.63, 3.8) is 0 Å². The second-order valence-corrected chi connectivity index (χ2v) is 5.06. The van der Waals surface area contributed by atoms with E-state index in [1.54, 1.807) is 16.7 Å². The highest BCUT2D eigenvalue weighted by Gasteiger charge is 2.28. The molecule has 0 bridgehead atoms. The fourth-order valence-electron chi connectivity index (χ4n) is 2.21. The van der Waals surface area contributed by atoms with Crippen LogP contribution in [0.5, 0.6) is 5.75 Å². The van der Waals surface area contributed by atoms with E-state index in [9.17, 15) is 9.59 Å². The Bertz CT molecular complexity index is 765. The van der Waals surface area contributed by atoms with Gasteiger partial charge in [-0.05, 0) is 25.0 Å². The van der Waals surface area contributed by atoms with Gasteiger partial charge in [0, 0.05) is 18.5 Å². The predicted molar refractivity (Wildman–Crippen MR) is 78.2 cm³/mol. The number of nitrogens with two attached hydrogens (primary N) is 1. The molecular formula is C14H16N4O3. The molecule has 0 atom stereocenters. The van der Waals surface area contributed by atoms with Crippen LogP contribution in [0, 0.1) is 0 Å². The summed E-state index contributed by atoms with van der Waals surface area (Å²) in [6.45, 7) is -0.197. The smallest absolute Gasteiger partial charge is 0.294 e. The van der Waals surface area contributed by atoms with Crippen LogP contribution in [0.4, 0.5) is 5.69 Å². The van der Waals surface area contributed by atoms with Gasteiger partial charge in [0.1, 0.15) is 5.65 Å². The molecule has 110 valence electrons. The Morgan fingerprint density at radius 2 is 2.29 bits per heavy atom. The number of ether oxygens (including phenoxy) is 1. The number of fused-ring (bicyclic) bond motifs is 1. The summed E-state index contributed by atoms with van der Waals surface area (Å²) in [6.07, 6.45) is 3.42. The zero-order chi connectivity index (χ0) is 15.0. The van der Waals surface area contributed by atoms with Gasteiger partial charge in [0.2, 0.25) is 0 Å². The number of pyridine rings is 2. The van der Waals surface area contributed by atoms with E-state index in [0.717, 1.165) is 18.2 Å². The van der Waals surface area contributed by atoms with Gasteiger partial charge in [-0.1, -0.05) is 0 Å². The minimum atomic E-state index is -0.293. The number of rotatable bonds is 4. The molecule has 1 fully saturated rings. The van der Waals surface area contributed by atoms with Crippen molar-refractivity contribution in [3.05, 3.63) is 28.7 Å². The molecule has 21 heavy (non-hydrogen) atoms. The van der Waals surface area contributed by atoms with E-state index in [0.29, 0.717) is 11.3 Å². The standard InChI is InChI=1S/C14H16N4O3/c1-16-12(19)7-21-11-5-8-4-9(15)6-17-13(8)18(14(11)20)10-2-3-10/h4-6,10H,2-3,7,15H2,1H3,(H,16,19). The molecule has 1 aliphatic carbocycles. The number of anilines is 1. The van der Waals surface area contributed by atoms with Crippen molar-refractivity contribution in [2.45, 2.75) is 18.9 Å². The fourth-order valence-corrected chi connectivity index (χ4v) is 2.21. The SMILES string of the molecule is CNC(=O)COc1cc2cc(N)cnc2n(C2CC2)c1=O. The van der Waals surface area contributed by atoms with E-state index in [2.05, 4.69) is 10.3 Å². The summed E-state index contributed by atoms with van der Waals surface area (Å²) in [5.74, 6) is -0.149. The second-order valence-electron chi connectivity index (χ2n) is 5.06. The van der Waals surface area contributed by atoms with Crippen LogP contribution in [-0.2, 0) is 4.79 Å². The Morgan fingerprint density at radius 1 is 1.52 bits per heavy atom. The van der Waals surface area contributed by atoms with Gasteiger partial charge in [-0.25, -0.2) is 4.98 Å². The molecule has 3 rings (SSSR count). The number of hydrogen-bond donors (Lipinski definition) is 2. The maximum atomic E-state index is 12.5. The van der Waals surface area contributed by atoms with Crippen molar-refractivity contribution in [2.24, 2.45) is 0 Å². The minimum absolute atomic E-state index is 0.144. The quantitative estimate of drug-likeness (QED) is 0.850. The van der Waals surface area contributed by atoms with Gasteiger partial charge in [-0.3, -0.25) is 14.2 Å². The molecular weight excluding hydrogens is 272 g/mol. The number of carbonyl (C=O) groups is 1. The number of carbonyl (C=O) groups excluding carboxylic acids is 1. The van der Waals surface area contributed by atoms with Gasteiger partial charge in [0.15, 0.2) is 12.4 Å². The van der Waals surface area contributed by atoms with Crippen molar-refractivity contribution in [1.82, 2.24) is 14.9 Å². The first-order chi connectivity index (χ1) is 10.1. The van der Waals surface area contributed by atoms with Crippen molar-refractivity contribution in [3.8, 4) is 5.75 Å². The summed E-state index contributed by atoms with van der Waals surface area (Å²) >= 11 is 0. The Hall–Kier alpha value is -2.57. The van der Waals surface area contributed by atoms with E-state index in [4.69, 9.17) is 10.5 Å². The summed E-state index contributed by atoms with van der Waals surface area (Å²) < 4.78 is 6.97. The van der Waals surface area contributed by atoms with E-state index < -0.39 is 0 Å². The van der Waals surface area contributed by atoms with Crippen molar-refractivity contribution in [1.29, 1.82) is 0 Å². The van der Waals surface area contributed by atoms with Crippen LogP contribution in [0.3, 0.4) is 0 Å². The van der Waals surface area contributed by atoms with Crippen molar-refractivity contribution >= 4 is 22.6 Å². The lowest BCUT2D eigenvalue weighted by Crippen LogP contribution is -2.28. The number of nitrogens with zero attached hydrogens (tertiary/aromatic N) is 2. The largest absolute Gasteiger partial charge is 0.478 e. The first kappa shape index (κ1) is 13.4. The molecule has 0 unspecified atom stereocenters. The third-order valence-electron chi connectivity index (χ3n) is 3.41. The lowest BCUT2D eigenvalue weighted by atomic mass is 10.2. The Labute approximate surface area is 120 Å². The van der Waals surface area contributed by atoms with Crippen LogP contribution >= 0.6 is 0 Å². The Morgan fingerprint density at radius 3 is 2.95 bits per heavy atom. The van der Waals surface area contributed by atoms with Crippen LogP contribution in [0.15, 0.2) is 23.1 Å². The third kappa shape index (κ3) is 2.54. The van der Waals surface area contributed by atoms with Gasteiger partial charge in [-0.2, -0.15) is 0 Å². The third-order valence-corrected chi connectivity index (χ3v) is 3.41. The summed E-state index contributed by atoms with van der Waals surface area (Å²) in [6, 6.07) is 3.48. The maximum Gasteiger partial charge on any atom is 0.294 e. The molecule has 0 saturated heterocycles. The lowest BCUT2D eigenvalue weighted by Gasteiger charge is -2.12. The molecule has 3 N–H and O–H groups in total. The van der Waals surface area contributed by atoms with Gasteiger partial charge in [-0.15, -0.1) is 0 Å². The number of likely N-dealkylation sites (N-methyl/N-ethyl adjacent to an activating group) is 1. The summed E-state index contributed by atoms with van der Waals surface area (Å²) in [5, 5.41) is 3.18. The average Bonchev–Trinajstić information content (AvgIpc) is 3.29. The molecule has 1 aliphatic rings. The number of nitrogens with one attached hydrogen (secondary N) is 1. The highest BCUT2D eigenvalue weighted by Crippen LogP contribution is 2.36. The minimum Gasteiger partial charge on any atom is -0.478 e. The van der Waals surface area contributed by atoms with E-state index in [1.807, 2.05) is 0 Å². The summed E-state index contributed by atoms with van der Waals surface area (Å²) in [5.41, 5.74) is 6.60. The van der Waals surface area contributed by atoms with Gasteiger partial charge in [0.05, 0.1) is 11.9 Å². The Kier molecular flexibility index (Phi) is 3.25. The van der Waals surface area contributed by atoms with Gasteiger partial charge < -0.3 is 15.8 Å².